The quantitative estimate of drug-likeness (QED) is 0.157. The Balaban J connectivity index is 1.04. The molecule has 3 nitrogen and oxygen atoms in total. The van der Waals surface area contributed by atoms with Crippen molar-refractivity contribution in [2.75, 3.05) is 9.80 Å². The molecule has 0 aliphatic carbocycles. The van der Waals surface area contributed by atoms with E-state index in [0.29, 0.717) is 0 Å². The van der Waals surface area contributed by atoms with Crippen molar-refractivity contribution < 1.29 is 4.42 Å². The fourth-order valence-corrected chi connectivity index (χ4v) is 7.88. The summed E-state index contributed by atoms with van der Waals surface area (Å²) in [7, 11) is 0. The third-order valence-electron chi connectivity index (χ3n) is 10.4. The first-order chi connectivity index (χ1) is 27.3. The molecule has 260 valence electrons. The van der Waals surface area contributed by atoms with Crippen LogP contribution < -0.4 is 9.80 Å². The van der Waals surface area contributed by atoms with Gasteiger partial charge in [0, 0.05) is 44.9 Å². The summed E-state index contributed by atoms with van der Waals surface area (Å²) >= 11 is 0. The van der Waals surface area contributed by atoms with Gasteiger partial charge in [-0.15, -0.1) is 0 Å². The summed E-state index contributed by atoms with van der Waals surface area (Å²) in [4.78, 5) is 4.61. The van der Waals surface area contributed by atoms with E-state index in [2.05, 4.69) is 216 Å². The Bertz CT molecular complexity index is 2860. The third-order valence-corrected chi connectivity index (χ3v) is 10.4. The Morgan fingerprint density at radius 2 is 0.709 bits per heavy atom. The van der Waals surface area contributed by atoms with Crippen LogP contribution in [-0.2, 0) is 0 Å². The highest BCUT2D eigenvalue weighted by Crippen LogP contribution is 2.42. The van der Waals surface area contributed by atoms with Crippen molar-refractivity contribution >= 4 is 66.8 Å². The number of fused-ring (bicyclic) bond motifs is 4. The van der Waals surface area contributed by atoms with Crippen LogP contribution in [0.5, 0.6) is 0 Å². The highest BCUT2D eigenvalue weighted by molar-refractivity contribution is 6.08. The molecule has 0 unspecified atom stereocenters. The highest BCUT2D eigenvalue weighted by atomic mass is 16.3. The first-order valence-electron chi connectivity index (χ1n) is 18.7. The van der Waals surface area contributed by atoms with Crippen molar-refractivity contribution in [2.24, 2.45) is 0 Å². The molecular formula is C52H36N2O. The number of nitrogens with zero attached hydrogens (tertiary/aromatic N) is 2. The maximum absolute atomic E-state index is 6.17. The smallest absolute Gasteiger partial charge is 0.135 e. The lowest BCUT2D eigenvalue weighted by atomic mass is 9.91. The molecule has 55 heavy (non-hydrogen) atoms. The summed E-state index contributed by atoms with van der Waals surface area (Å²) in [6, 6.07) is 77.5. The van der Waals surface area contributed by atoms with E-state index in [1.54, 1.807) is 0 Å². The largest absolute Gasteiger partial charge is 0.456 e. The van der Waals surface area contributed by atoms with Crippen LogP contribution in [0.15, 0.2) is 223 Å². The molecule has 0 amide bonds. The summed E-state index contributed by atoms with van der Waals surface area (Å²) in [5.74, 6) is 0. The van der Waals surface area contributed by atoms with E-state index in [9.17, 15) is 0 Å². The Hall–Kier alpha value is -7.36. The van der Waals surface area contributed by atoms with Crippen molar-refractivity contribution in [1.29, 1.82) is 0 Å². The summed E-state index contributed by atoms with van der Waals surface area (Å²) in [5.41, 5.74) is 13.2. The van der Waals surface area contributed by atoms with Crippen LogP contribution in [0, 0.1) is 0 Å². The van der Waals surface area contributed by atoms with Gasteiger partial charge in [0.2, 0.25) is 0 Å². The topological polar surface area (TPSA) is 19.6 Å². The fraction of sp³-hybridized carbons (Fsp3) is 0. The van der Waals surface area contributed by atoms with Gasteiger partial charge in [0.15, 0.2) is 0 Å². The molecule has 0 aliphatic rings. The van der Waals surface area contributed by atoms with Gasteiger partial charge in [-0.3, -0.25) is 0 Å². The van der Waals surface area contributed by atoms with Crippen LogP contribution in [0.4, 0.5) is 34.1 Å². The number of benzene rings is 9. The number of furan rings is 1. The van der Waals surface area contributed by atoms with Gasteiger partial charge < -0.3 is 14.2 Å². The normalized spacial score (nSPS) is 11.3. The second-order valence-electron chi connectivity index (χ2n) is 13.8. The van der Waals surface area contributed by atoms with Crippen molar-refractivity contribution in [3.8, 4) is 22.3 Å². The number of anilines is 6. The summed E-state index contributed by atoms with van der Waals surface area (Å²) in [6.07, 6.45) is 0. The van der Waals surface area contributed by atoms with E-state index in [-0.39, 0.29) is 0 Å². The van der Waals surface area contributed by atoms with Gasteiger partial charge in [0.05, 0.1) is 0 Å². The van der Waals surface area contributed by atoms with Crippen LogP contribution in [0.1, 0.15) is 0 Å². The van der Waals surface area contributed by atoms with Crippen molar-refractivity contribution in [2.45, 2.75) is 0 Å². The SMILES string of the molecule is c1ccc(N(c2ccccc2)c2ccc(-c3cccc4cccc(-c5ccc(N(c6ccccc6)c6ccc7oc8ccccc8c7c6)cc5)c34)cc2)cc1. The molecule has 0 aliphatic heterocycles. The van der Waals surface area contributed by atoms with Gasteiger partial charge in [-0.05, 0) is 118 Å². The van der Waals surface area contributed by atoms with Crippen LogP contribution in [0.2, 0.25) is 0 Å². The van der Waals surface area contributed by atoms with Crippen molar-refractivity contribution in [1.82, 2.24) is 0 Å². The van der Waals surface area contributed by atoms with Crippen molar-refractivity contribution in [3.63, 3.8) is 0 Å². The minimum Gasteiger partial charge on any atom is -0.456 e. The molecule has 0 N–H and O–H groups in total. The molecular weight excluding hydrogens is 669 g/mol. The molecule has 0 bridgehead atoms. The molecule has 10 rings (SSSR count). The van der Waals surface area contributed by atoms with Crippen molar-refractivity contribution in [3.05, 3.63) is 218 Å². The summed E-state index contributed by atoms with van der Waals surface area (Å²) in [5, 5.41) is 4.68. The predicted octanol–water partition coefficient (Wildman–Crippen LogP) is 15.0. The maximum Gasteiger partial charge on any atom is 0.135 e. The van der Waals surface area contributed by atoms with Gasteiger partial charge in [-0.2, -0.15) is 0 Å². The average Bonchev–Trinajstić information content (AvgIpc) is 3.63. The standard InChI is InChI=1S/C52H36N2O/c1-4-16-40(17-5-1)53(41-18-6-2-7-19-41)43-30-26-37(27-31-43)46-23-12-14-39-15-13-24-47(52(39)46)38-28-32-44(33-29-38)54(42-20-8-3-9-21-42)45-34-35-51-49(36-45)48-22-10-11-25-50(48)55-51/h1-36H. The van der Waals surface area contributed by atoms with Gasteiger partial charge in [0.1, 0.15) is 11.2 Å². The zero-order valence-corrected chi connectivity index (χ0v) is 30.1. The molecule has 0 fully saturated rings. The second-order valence-corrected chi connectivity index (χ2v) is 13.8. The minimum absolute atomic E-state index is 0.888. The van der Waals surface area contributed by atoms with E-state index in [1.807, 2.05) is 12.1 Å². The highest BCUT2D eigenvalue weighted by Gasteiger charge is 2.17. The Morgan fingerprint density at radius 1 is 0.291 bits per heavy atom. The zero-order valence-electron chi connectivity index (χ0n) is 30.1. The van der Waals surface area contributed by atoms with Crippen LogP contribution in [-0.4, -0.2) is 0 Å². The lowest BCUT2D eigenvalue weighted by Gasteiger charge is -2.26. The minimum atomic E-state index is 0.888. The van der Waals surface area contributed by atoms with Crippen LogP contribution >= 0.6 is 0 Å². The van der Waals surface area contributed by atoms with E-state index >= 15 is 0 Å². The second kappa shape index (κ2) is 13.9. The molecule has 1 heterocycles. The number of hydrogen-bond acceptors (Lipinski definition) is 3. The van der Waals surface area contributed by atoms with Gasteiger partial charge in [-0.25, -0.2) is 0 Å². The van der Waals surface area contributed by atoms with E-state index in [4.69, 9.17) is 4.42 Å². The average molecular weight is 705 g/mol. The van der Waals surface area contributed by atoms with Crippen LogP contribution in [0.3, 0.4) is 0 Å². The monoisotopic (exact) mass is 704 g/mol. The van der Waals surface area contributed by atoms with E-state index in [0.717, 1.165) is 56.1 Å². The van der Waals surface area contributed by atoms with Gasteiger partial charge in [0.25, 0.3) is 0 Å². The Labute approximate surface area is 320 Å². The molecule has 9 aromatic carbocycles. The molecule has 1 aromatic heterocycles. The Kier molecular flexibility index (Phi) is 8.16. The van der Waals surface area contributed by atoms with Gasteiger partial charge >= 0.3 is 0 Å². The van der Waals surface area contributed by atoms with Gasteiger partial charge in [-0.1, -0.05) is 133 Å². The molecule has 0 radical (unpaired) electrons. The summed E-state index contributed by atoms with van der Waals surface area (Å²) in [6.45, 7) is 0. The predicted molar refractivity (Wildman–Crippen MR) is 231 cm³/mol. The van der Waals surface area contributed by atoms with Crippen LogP contribution in [0.25, 0.3) is 55.0 Å². The Morgan fingerprint density at radius 3 is 1.24 bits per heavy atom. The number of hydrogen-bond donors (Lipinski definition) is 0. The first kappa shape index (κ1) is 32.3. The molecule has 3 heteroatoms. The van der Waals surface area contributed by atoms with E-state index < -0.39 is 0 Å². The zero-order chi connectivity index (χ0) is 36.6. The molecule has 0 saturated carbocycles. The lowest BCUT2D eigenvalue weighted by Crippen LogP contribution is -2.09. The van der Waals surface area contributed by atoms with E-state index in [1.165, 1.54) is 33.0 Å². The molecule has 0 spiro atoms. The lowest BCUT2D eigenvalue weighted by molar-refractivity contribution is 0.669. The maximum atomic E-state index is 6.17. The third kappa shape index (κ3) is 5.98. The fourth-order valence-electron chi connectivity index (χ4n) is 7.88. The number of para-hydroxylation sites is 4. The molecule has 0 atom stereocenters. The molecule has 10 aromatic rings. The first-order valence-corrected chi connectivity index (χ1v) is 18.7. The number of rotatable bonds is 8. The molecule has 0 saturated heterocycles. The summed E-state index contributed by atoms with van der Waals surface area (Å²) < 4.78 is 6.17.